The van der Waals surface area contributed by atoms with Crippen molar-refractivity contribution in [3.05, 3.63) is 24.3 Å². The van der Waals surface area contributed by atoms with Gasteiger partial charge in [-0.3, -0.25) is 14.6 Å². The molecule has 0 aliphatic carbocycles. The van der Waals surface area contributed by atoms with Gasteiger partial charge in [-0.1, -0.05) is 129 Å². The minimum Gasteiger partial charge on any atom is -0.464 e. The lowest BCUT2D eigenvalue weighted by Gasteiger charge is -2.28. The quantitative estimate of drug-likeness (QED) is 0.0416. The van der Waals surface area contributed by atoms with Gasteiger partial charge in [-0.15, -0.1) is 0 Å². The van der Waals surface area contributed by atoms with Crippen molar-refractivity contribution in [2.45, 2.75) is 188 Å². The predicted molar refractivity (Wildman–Crippen MR) is 202 cm³/mol. The van der Waals surface area contributed by atoms with Gasteiger partial charge in [0.25, 0.3) is 0 Å². The number of aliphatic hydroxyl groups is 1. The van der Waals surface area contributed by atoms with Crippen molar-refractivity contribution in [1.82, 2.24) is 9.80 Å². The summed E-state index contributed by atoms with van der Waals surface area (Å²) in [6, 6.07) is 0.440. The van der Waals surface area contributed by atoms with Gasteiger partial charge >= 0.3 is 5.97 Å². The molecular formula is C41H80N2O3. The second-order valence-electron chi connectivity index (χ2n) is 13.6. The molecule has 0 radical (unpaired) electrons. The van der Waals surface area contributed by atoms with E-state index < -0.39 is 0 Å². The van der Waals surface area contributed by atoms with Crippen LogP contribution in [-0.2, 0) is 9.53 Å². The summed E-state index contributed by atoms with van der Waals surface area (Å²) in [4.78, 5) is 17.3. The first kappa shape index (κ1) is 44.8. The minimum absolute atomic E-state index is 0.0434. The Bertz CT molecular complexity index is 669. The summed E-state index contributed by atoms with van der Waals surface area (Å²) in [5.41, 5.74) is 0. The number of ether oxygens (including phenoxy) is 1. The lowest BCUT2D eigenvalue weighted by Crippen LogP contribution is -2.36. The van der Waals surface area contributed by atoms with Crippen LogP contribution < -0.4 is 0 Å². The molecule has 5 heteroatoms. The van der Waals surface area contributed by atoms with E-state index in [1.54, 1.807) is 0 Å². The maximum Gasteiger partial charge on any atom is 0.305 e. The molecular weight excluding hydrogens is 568 g/mol. The van der Waals surface area contributed by atoms with E-state index in [4.69, 9.17) is 4.74 Å². The zero-order valence-electron chi connectivity index (χ0n) is 31.5. The number of allylic oxidation sites excluding steroid dienone is 4. The van der Waals surface area contributed by atoms with Gasteiger partial charge < -0.3 is 9.84 Å². The van der Waals surface area contributed by atoms with Crippen LogP contribution >= 0.6 is 0 Å². The summed E-state index contributed by atoms with van der Waals surface area (Å²) in [5.74, 6) is -0.0434. The number of carbonyl (C=O) groups is 1. The summed E-state index contributed by atoms with van der Waals surface area (Å²) >= 11 is 0. The van der Waals surface area contributed by atoms with Crippen LogP contribution in [0.2, 0.25) is 0 Å². The highest BCUT2D eigenvalue weighted by Crippen LogP contribution is 2.14. The highest BCUT2D eigenvalue weighted by Gasteiger charge is 2.14. The van der Waals surface area contributed by atoms with E-state index in [-0.39, 0.29) is 12.6 Å². The third-order valence-electron chi connectivity index (χ3n) is 9.24. The summed E-state index contributed by atoms with van der Waals surface area (Å²) in [7, 11) is 0. The van der Waals surface area contributed by atoms with Gasteiger partial charge in [0.05, 0.1) is 6.61 Å². The fourth-order valence-electron chi connectivity index (χ4n) is 6.10. The van der Waals surface area contributed by atoms with Gasteiger partial charge in [0.2, 0.25) is 0 Å². The third-order valence-corrected chi connectivity index (χ3v) is 9.24. The number of carbonyl (C=O) groups excluding carboxylic acids is 1. The first-order chi connectivity index (χ1) is 22.6. The van der Waals surface area contributed by atoms with Gasteiger partial charge in [0.1, 0.15) is 6.61 Å². The first-order valence-corrected chi connectivity index (χ1v) is 20.1. The van der Waals surface area contributed by atoms with E-state index in [1.165, 1.54) is 122 Å². The van der Waals surface area contributed by atoms with E-state index >= 15 is 0 Å². The zero-order chi connectivity index (χ0) is 33.8. The van der Waals surface area contributed by atoms with E-state index in [0.29, 0.717) is 19.1 Å². The molecule has 0 saturated heterocycles. The topological polar surface area (TPSA) is 53.0 Å². The molecule has 0 heterocycles. The average Bonchev–Trinajstić information content (AvgIpc) is 3.05. The Hall–Kier alpha value is -1.17. The van der Waals surface area contributed by atoms with Crippen molar-refractivity contribution in [2.24, 2.45) is 0 Å². The van der Waals surface area contributed by atoms with E-state index in [9.17, 15) is 9.90 Å². The molecule has 0 spiro atoms. The highest BCUT2D eigenvalue weighted by molar-refractivity contribution is 5.69. The highest BCUT2D eigenvalue weighted by atomic mass is 16.5. The Balaban J connectivity index is 3.97. The number of nitrogens with zero attached hydrogens (tertiary/aromatic N) is 2. The Labute approximate surface area is 288 Å². The van der Waals surface area contributed by atoms with Crippen molar-refractivity contribution in [3.63, 3.8) is 0 Å². The van der Waals surface area contributed by atoms with Crippen LogP contribution in [0.1, 0.15) is 182 Å². The van der Waals surface area contributed by atoms with Crippen LogP contribution in [0.15, 0.2) is 24.3 Å². The number of esters is 1. The average molecular weight is 649 g/mol. The largest absolute Gasteiger partial charge is 0.464 e. The molecule has 46 heavy (non-hydrogen) atoms. The molecule has 0 aromatic rings. The molecule has 0 aromatic carbocycles. The Morgan fingerprint density at radius 2 is 1.13 bits per heavy atom. The number of aliphatic hydroxyl groups excluding tert-OH is 1. The normalized spacial score (nSPS) is 12.8. The maximum atomic E-state index is 12.4. The molecule has 0 rings (SSSR count). The van der Waals surface area contributed by atoms with Crippen LogP contribution in [0.5, 0.6) is 0 Å². The molecule has 0 aromatic heterocycles. The fraction of sp³-hybridized carbons (Fsp3) is 0.878. The van der Waals surface area contributed by atoms with Gasteiger partial charge in [-0.05, 0) is 90.8 Å². The first-order valence-electron chi connectivity index (χ1n) is 20.1. The minimum atomic E-state index is -0.0434. The lowest BCUT2D eigenvalue weighted by atomic mass is 10.1. The molecule has 1 N–H and O–H groups in total. The van der Waals surface area contributed by atoms with E-state index in [0.717, 1.165) is 58.4 Å². The monoisotopic (exact) mass is 649 g/mol. The molecule has 0 fully saturated rings. The summed E-state index contributed by atoms with van der Waals surface area (Å²) in [6.45, 7) is 14.7. The van der Waals surface area contributed by atoms with E-state index in [2.05, 4.69) is 61.8 Å². The molecule has 272 valence electrons. The Morgan fingerprint density at radius 1 is 0.609 bits per heavy atom. The summed E-state index contributed by atoms with van der Waals surface area (Å²) in [6.07, 6.45) is 38.3. The van der Waals surface area contributed by atoms with Crippen molar-refractivity contribution < 1.29 is 14.6 Å². The predicted octanol–water partition coefficient (Wildman–Crippen LogP) is 11.0. The molecule has 0 aliphatic heterocycles. The second kappa shape index (κ2) is 36.7. The summed E-state index contributed by atoms with van der Waals surface area (Å²) in [5, 5.41) is 9.61. The number of rotatable bonds is 36. The van der Waals surface area contributed by atoms with Gasteiger partial charge in [-0.2, -0.15) is 0 Å². The van der Waals surface area contributed by atoms with Crippen LogP contribution in [-0.4, -0.2) is 72.9 Å². The Kier molecular flexibility index (Phi) is 35.7. The molecule has 0 saturated carbocycles. The molecule has 5 nitrogen and oxygen atoms in total. The standard InChI is InChI=1S/C41H80N2O3/c1-5-8-11-14-15-16-17-18-19-20-21-22-23-24-25-30-35-43(36-38-44)40(4)31-26-27-32-41(45)46-39-37-42(33-28-12-9-6-2)34-29-13-10-7-3/h15-16,18-19,40,44H,5-14,17,20-39H2,1-4H3/b16-15-,19-18-. The fourth-order valence-corrected chi connectivity index (χ4v) is 6.10. The second-order valence-corrected chi connectivity index (χ2v) is 13.6. The van der Waals surface area contributed by atoms with Gasteiger partial charge in [0, 0.05) is 25.6 Å². The summed E-state index contributed by atoms with van der Waals surface area (Å²) < 4.78 is 5.63. The van der Waals surface area contributed by atoms with E-state index in [1.807, 2.05) is 0 Å². The SMILES string of the molecule is CCCCC/C=C\C/C=C\CCCCCCCCN(CCO)C(C)CCCCC(=O)OCCN(CCCCCC)CCCCCC. The van der Waals surface area contributed by atoms with Crippen molar-refractivity contribution in [3.8, 4) is 0 Å². The van der Waals surface area contributed by atoms with Gasteiger partial charge in [0.15, 0.2) is 0 Å². The molecule has 0 bridgehead atoms. The number of unbranched alkanes of at least 4 members (excludes halogenated alkanes) is 16. The van der Waals surface area contributed by atoms with Crippen LogP contribution in [0.3, 0.4) is 0 Å². The van der Waals surface area contributed by atoms with Crippen LogP contribution in [0.4, 0.5) is 0 Å². The Morgan fingerprint density at radius 3 is 1.74 bits per heavy atom. The molecule has 0 amide bonds. The zero-order valence-corrected chi connectivity index (χ0v) is 31.5. The third kappa shape index (κ3) is 31.4. The molecule has 1 unspecified atom stereocenters. The molecule has 1 atom stereocenters. The van der Waals surface area contributed by atoms with Gasteiger partial charge in [-0.25, -0.2) is 0 Å². The number of hydrogen-bond acceptors (Lipinski definition) is 5. The van der Waals surface area contributed by atoms with Crippen LogP contribution in [0, 0.1) is 0 Å². The lowest BCUT2D eigenvalue weighted by molar-refractivity contribution is -0.144. The number of hydrogen-bond donors (Lipinski definition) is 1. The smallest absolute Gasteiger partial charge is 0.305 e. The van der Waals surface area contributed by atoms with Crippen molar-refractivity contribution >= 4 is 5.97 Å². The van der Waals surface area contributed by atoms with Crippen molar-refractivity contribution in [1.29, 1.82) is 0 Å². The maximum absolute atomic E-state index is 12.4. The van der Waals surface area contributed by atoms with Crippen molar-refractivity contribution in [2.75, 3.05) is 45.9 Å². The molecule has 0 aliphatic rings. The van der Waals surface area contributed by atoms with Crippen LogP contribution in [0.25, 0.3) is 0 Å².